The number of esters is 1. The van der Waals surface area contributed by atoms with Gasteiger partial charge in [-0.1, -0.05) is 60.7 Å². The molecule has 5 heteroatoms. The van der Waals surface area contributed by atoms with Crippen molar-refractivity contribution in [1.29, 1.82) is 5.41 Å². The van der Waals surface area contributed by atoms with Crippen molar-refractivity contribution < 1.29 is 14.3 Å². The van der Waals surface area contributed by atoms with E-state index in [0.29, 0.717) is 23.0 Å². The summed E-state index contributed by atoms with van der Waals surface area (Å²) in [6.07, 6.45) is 1.89. The summed E-state index contributed by atoms with van der Waals surface area (Å²) in [5.41, 5.74) is 4.01. The van der Waals surface area contributed by atoms with E-state index < -0.39 is 0 Å². The first kappa shape index (κ1) is 19.7. The Morgan fingerprint density at radius 2 is 1.57 bits per heavy atom. The van der Waals surface area contributed by atoms with Crippen molar-refractivity contribution in [2.75, 3.05) is 13.4 Å². The number of hydrogen-bond acceptors (Lipinski definition) is 5. The maximum absolute atomic E-state index is 12.1. The first-order valence-electron chi connectivity index (χ1n) is 8.75. The van der Waals surface area contributed by atoms with Crippen molar-refractivity contribution in [2.45, 2.75) is 6.61 Å². The summed E-state index contributed by atoms with van der Waals surface area (Å²) in [5, 5.41) is 8.41. The zero-order valence-corrected chi connectivity index (χ0v) is 16.6. The number of carbonyl (C=O) groups excluding carboxylic acids is 1. The lowest BCUT2D eigenvalue weighted by Gasteiger charge is -2.14. The van der Waals surface area contributed by atoms with Gasteiger partial charge in [-0.05, 0) is 29.5 Å². The predicted octanol–water partition coefficient (Wildman–Crippen LogP) is 5.41. The minimum atomic E-state index is -0.378. The smallest absolute Gasteiger partial charge is 0.338 e. The largest absolute Gasteiger partial charge is 0.488 e. The monoisotopic (exact) mass is 391 g/mol. The molecule has 3 aromatic rings. The molecule has 0 heterocycles. The minimum absolute atomic E-state index is 0.378. The summed E-state index contributed by atoms with van der Waals surface area (Å²) in [6.45, 7) is 0.393. The average molecular weight is 391 g/mol. The summed E-state index contributed by atoms with van der Waals surface area (Å²) in [7, 11) is 1.38. The molecule has 28 heavy (non-hydrogen) atoms. The number of hydrogen-bond donors (Lipinski definition) is 1. The molecule has 0 amide bonds. The molecule has 0 bridgehead atoms. The lowest BCUT2D eigenvalue weighted by Crippen LogP contribution is -2.04. The normalized spacial score (nSPS) is 10.4. The van der Waals surface area contributed by atoms with Gasteiger partial charge in [-0.15, -0.1) is 11.8 Å². The first-order valence-corrected chi connectivity index (χ1v) is 9.98. The van der Waals surface area contributed by atoms with Crippen LogP contribution in [-0.4, -0.2) is 24.4 Å². The topological polar surface area (TPSA) is 59.4 Å². The summed E-state index contributed by atoms with van der Waals surface area (Å²) in [5.74, 6) is 0.317. The van der Waals surface area contributed by atoms with Crippen molar-refractivity contribution in [3.8, 4) is 16.9 Å². The van der Waals surface area contributed by atoms with Crippen LogP contribution in [-0.2, 0) is 11.3 Å². The van der Waals surface area contributed by atoms with Gasteiger partial charge in [-0.25, -0.2) is 4.79 Å². The van der Waals surface area contributed by atoms with E-state index in [-0.39, 0.29) is 5.97 Å². The number of ether oxygens (including phenoxy) is 2. The lowest BCUT2D eigenvalue weighted by molar-refractivity contribution is 0.0601. The summed E-state index contributed by atoms with van der Waals surface area (Å²) in [6, 6.07) is 22.8. The highest BCUT2D eigenvalue weighted by Gasteiger charge is 2.15. The Morgan fingerprint density at radius 1 is 0.929 bits per heavy atom. The average Bonchev–Trinajstić information content (AvgIpc) is 2.77. The summed E-state index contributed by atoms with van der Waals surface area (Å²) < 4.78 is 11.0. The number of methoxy groups -OCH3 is 1. The summed E-state index contributed by atoms with van der Waals surface area (Å²) >= 11 is 1.41. The third kappa shape index (κ3) is 4.43. The molecule has 4 nitrogen and oxygen atoms in total. The fourth-order valence-electron chi connectivity index (χ4n) is 2.85. The third-order valence-corrected chi connectivity index (χ3v) is 4.97. The van der Waals surface area contributed by atoms with E-state index in [1.807, 2.05) is 73.0 Å². The van der Waals surface area contributed by atoms with Crippen molar-refractivity contribution in [3.05, 3.63) is 89.5 Å². The van der Waals surface area contributed by atoms with Crippen LogP contribution in [0.4, 0.5) is 0 Å². The second-order valence-electron chi connectivity index (χ2n) is 6.05. The molecule has 0 fully saturated rings. The molecular weight excluding hydrogens is 370 g/mol. The van der Waals surface area contributed by atoms with Gasteiger partial charge in [0.25, 0.3) is 0 Å². The van der Waals surface area contributed by atoms with Crippen LogP contribution in [0.5, 0.6) is 5.75 Å². The quantitative estimate of drug-likeness (QED) is 0.347. The fraction of sp³-hybridized carbons (Fsp3) is 0.130. The highest BCUT2D eigenvalue weighted by atomic mass is 32.2. The van der Waals surface area contributed by atoms with Crippen LogP contribution in [0, 0.1) is 5.41 Å². The number of benzene rings is 3. The van der Waals surface area contributed by atoms with Crippen molar-refractivity contribution in [1.82, 2.24) is 0 Å². The van der Waals surface area contributed by atoms with Gasteiger partial charge in [0.15, 0.2) is 0 Å². The number of para-hydroxylation sites is 1. The van der Waals surface area contributed by atoms with Crippen LogP contribution in [0.1, 0.15) is 21.5 Å². The van der Waals surface area contributed by atoms with Gasteiger partial charge in [0.05, 0.1) is 17.7 Å². The zero-order valence-electron chi connectivity index (χ0n) is 15.8. The Bertz CT molecular complexity index is 983. The number of carbonyl (C=O) groups is 1. The Labute approximate surface area is 169 Å². The maximum Gasteiger partial charge on any atom is 0.338 e. The van der Waals surface area contributed by atoms with E-state index in [9.17, 15) is 4.79 Å². The second-order valence-corrected chi connectivity index (χ2v) is 6.87. The molecule has 0 aromatic heterocycles. The van der Waals surface area contributed by atoms with E-state index in [2.05, 4.69) is 0 Å². The van der Waals surface area contributed by atoms with Crippen LogP contribution >= 0.6 is 11.8 Å². The van der Waals surface area contributed by atoms with Gasteiger partial charge < -0.3 is 9.47 Å². The highest BCUT2D eigenvalue weighted by molar-refractivity contribution is 8.13. The molecule has 3 aromatic carbocycles. The summed E-state index contributed by atoms with van der Waals surface area (Å²) in [4.78, 5) is 12.1. The lowest BCUT2D eigenvalue weighted by atomic mass is 9.99. The van der Waals surface area contributed by atoms with Gasteiger partial charge in [-0.2, -0.15) is 0 Å². The molecule has 0 unspecified atom stereocenters. The molecule has 1 N–H and O–H groups in total. The Kier molecular flexibility index (Phi) is 6.50. The highest BCUT2D eigenvalue weighted by Crippen LogP contribution is 2.33. The molecule has 0 saturated heterocycles. The minimum Gasteiger partial charge on any atom is -0.488 e. The standard InChI is InChI=1S/C23H21NO3S/c1-26-23(25)20-9-4-3-7-18(20)19-8-5-6-10-21(19)27-15-16-11-13-17(14-12-16)22(24)28-2/h3-14,24H,15H2,1-2H3. The van der Waals surface area contributed by atoms with Crippen LogP contribution in [0.15, 0.2) is 72.8 Å². The van der Waals surface area contributed by atoms with Crippen molar-refractivity contribution in [2.24, 2.45) is 0 Å². The van der Waals surface area contributed by atoms with Gasteiger partial charge in [0.2, 0.25) is 0 Å². The van der Waals surface area contributed by atoms with E-state index in [4.69, 9.17) is 14.9 Å². The number of nitrogens with one attached hydrogen (secondary N) is 1. The van der Waals surface area contributed by atoms with E-state index in [0.717, 1.165) is 22.3 Å². The number of thioether (sulfide) groups is 1. The Morgan fingerprint density at radius 3 is 2.25 bits per heavy atom. The van der Waals surface area contributed by atoms with E-state index in [1.54, 1.807) is 6.07 Å². The van der Waals surface area contributed by atoms with Crippen LogP contribution in [0.25, 0.3) is 11.1 Å². The molecule has 0 atom stereocenters. The SMILES string of the molecule is COC(=O)c1ccccc1-c1ccccc1OCc1ccc(C(=N)SC)cc1. The van der Waals surface area contributed by atoms with Crippen LogP contribution < -0.4 is 4.74 Å². The molecule has 0 spiro atoms. The van der Waals surface area contributed by atoms with E-state index in [1.165, 1.54) is 18.9 Å². The zero-order chi connectivity index (χ0) is 19.9. The molecule has 0 radical (unpaired) electrons. The molecular formula is C23H21NO3S. The molecule has 0 aliphatic heterocycles. The molecule has 142 valence electrons. The second kappa shape index (κ2) is 9.24. The molecule has 0 saturated carbocycles. The van der Waals surface area contributed by atoms with Gasteiger partial charge in [-0.3, -0.25) is 5.41 Å². The van der Waals surface area contributed by atoms with E-state index >= 15 is 0 Å². The van der Waals surface area contributed by atoms with Gasteiger partial charge in [0, 0.05) is 11.1 Å². The Balaban J connectivity index is 1.84. The predicted molar refractivity (Wildman–Crippen MR) is 114 cm³/mol. The Hall–Kier alpha value is -3.05. The molecule has 3 rings (SSSR count). The van der Waals surface area contributed by atoms with Crippen molar-refractivity contribution >= 4 is 22.8 Å². The van der Waals surface area contributed by atoms with Crippen LogP contribution in [0.2, 0.25) is 0 Å². The fourth-order valence-corrected chi connectivity index (χ4v) is 3.22. The third-order valence-electron chi connectivity index (χ3n) is 4.32. The number of rotatable bonds is 6. The van der Waals surface area contributed by atoms with Crippen LogP contribution in [0.3, 0.4) is 0 Å². The first-order chi connectivity index (χ1) is 13.6. The van der Waals surface area contributed by atoms with Gasteiger partial charge in [0.1, 0.15) is 12.4 Å². The molecule has 0 aliphatic rings. The molecule has 0 aliphatic carbocycles. The van der Waals surface area contributed by atoms with Gasteiger partial charge >= 0.3 is 5.97 Å². The van der Waals surface area contributed by atoms with Crippen molar-refractivity contribution in [3.63, 3.8) is 0 Å². The maximum atomic E-state index is 12.1.